The Kier molecular flexibility index (Phi) is 7.72. The molecule has 0 unspecified atom stereocenters. The highest BCUT2D eigenvalue weighted by Gasteiger charge is 2.13. The van der Waals surface area contributed by atoms with Gasteiger partial charge >= 0.3 is 6.61 Å². The van der Waals surface area contributed by atoms with E-state index in [2.05, 4.69) is 31.9 Å². The number of nitrogen functional groups attached to an aromatic ring is 1. The van der Waals surface area contributed by atoms with Crippen LogP contribution in [0.25, 0.3) is 0 Å². The van der Waals surface area contributed by atoms with E-state index in [4.69, 9.17) is 10.5 Å². The van der Waals surface area contributed by atoms with Crippen LogP contribution in [0.4, 0.5) is 26.4 Å². The lowest BCUT2D eigenvalue weighted by atomic mass is 10.1. The van der Waals surface area contributed by atoms with Crippen molar-refractivity contribution in [1.29, 1.82) is 0 Å². The van der Waals surface area contributed by atoms with Gasteiger partial charge in [0.25, 0.3) is 0 Å². The fraction of sp³-hybridized carbons (Fsp3) is 0.318. The van der Waals surface area contributed by atoms with Gasteiger partial charge in [-0.25, -0.2) is 0 Å². The van der Waals surface area contributed by atoms with Crippen LogP contribution in [0, 0.1) is 0 Å². The first-order valence-corrected chi connectivity index (χ1v) is 10.0. The molecule has 1 aromatic heterocycles. The highest BCUT2D eigenvalue weighted by molar-refractivity contribution is 5.58. The zero-order valence-electron chi connectivity index (χ0n) is 18.2. The molecule has 2 aromatic carbocycles. The fourth-order valence-electron chi connectivity index (χ4n) is 3.25. The van der Waals surface area contributed by atoms with Crippen molar-refractivity contribution < 1.29 is 18.3 Å². The number of aromatic nitrogens is 3. The van der Waals surface area contributed by atoms with Gasteiger partial charge in [-0.2, -0.15) is 23.7 Å². The molecule has 0 fully saturated rings. The summed E-state index contributed by atoms with van der Waals surface area (Å²) in [7, 11) is 3.29. The number of hydrogen-bond acceptors (Lipinski definition) is 8. The van der Waals surface area contributed by atoms with Crippen molar-refractivity contribution in [2.75, 3.05) is 25.2 Å². The lowest BCUT2D eigenvalue weighted by Gasteiger charge is -2.18. The van der Waals surface area contributed by atoms with Gasteiger partial charge in [-0.1, -0.05) is 31.2 Å². The number of methoxy groups -OCH3 is 1. The Morgan fingerprint density at radius 1 is 1.06 bits per heavy atom. The van der Waals surface area contributed by atoms with E-state index >= 15 is 0 Å². The quantitative estimate of drug-likeness (QED) is 0.484. The molecule has 0 saturated heterocycles. The number of aryl methyl sites for hydroxylation is 1. The maximum Gasteiger partial charge on any atom is 0.387 e. The van der Waals surface area contributed by atoms with Crippen molar-refractivity contribution in [2.45, 2.75) is 33.0 Å². The van der Waals surface area contributed by atoms with Gasteiger partial charge in [-0.3, -0.25) is 4.90 Å². The summed E-state index contributed by atoms with van der Waals surface area (Å²) in [6.07, 6.45) is 0.865. The summed E-state index contributed by atoms with van der Waals surface area (Å²) in [5, 5.41) is 3.21. The number of ether oxygens (including phenoxy) is 2. The van der Waals surface area contributed by atoms with Crippen molar-refractivity contribution in [3.63, 3.8) is 0 Å². The van der Waals surface area contributed by atoms with Crippen LogP contribution in [0.5, 0.6) is 11.5 Å². The Morgan fingerprint density at radius 3 is 2.56 bits per heavy atom. The van der Waals surface area contributed by atoms with E-state index in [0.29, 0.717) is 24.9 Å². The predicted octanol–water partition coefficient (Wildman–Crippen LogP) is 4.00. The minimum Gasteiger partial charge on any atom is -0.493 e. The second kappa shape index (κ2) is 10.7. The highest BCUT2D eigenvalue weighted by atomic mass is 19.3. The van der Waals surface area contributed by atoms with Crippen molar-refractivity contribution >= 4 is 17.6 Å². The molecule has 8 nitrogen and oxygen atoms in total. The van der Waals surface area contributed by atoms with Crippen LogP contribution in [0.15, 0.2) is 42.5 Å². The standard InChI is InChI=1S/C22H26F2N6O2/c1-4-15-7-5-6-8-16(15)26-22-28-19(27-21(25)29-22)13-30(2)12-14-9-10-17(32-20(23)24)18(11-14)31-3/h5-11,20H,4,12-13H2,1-3H3,(H3,25,26,27,28,29). The molecule has 10 heteroatoms. The first kappa shape index (κ1) is 23.1. The van der Waals surface area contributed by atoms with E-state index in [9.17, 15) is 8.78 Å². The average molecular weight is 444 g/mol. The number of rotatable bonds is 10. The molecule has 0 aliphatic carbocycles. The van der Waals surface area contributed by atoms with E-state index in [1.165, 1.54) is 13.2 Å². The van der Waals surface area contributed by atoms with Gasteiger partial charge < -0.3 is 20.5 Å². The summed E-state index contributed by atoms with van der Waals surface area (Å²) in [5.74, 6) is 1.22. The molecule has 0 aliphatic rings. The number of anilines is 3. The Bertz CT molecular complexity index is 1050. The molecule has 0 bridgehead atoms. The van der Waals surface area contributed by atoms with Crippen LogP contribution in [0.2, 0.25) is 0 Å². The molecule has 0 spiro atoms. The number of nitrogens with zero attached hydrogens (tertiary/aromatic N) is 4. The van der Waals surface area contributed by atoms with Gasteiger partial charge in [0.05, 0.1) is 13.7 Å². The molecular weight excluding hydrogens is 418 g/mol. The monoisotopic (exact) mass is 444 g/mol. The summed E-state index contributed by atoms with van der Waals surface area (Å²) in [4.78, 5) is 14.9. The van der Waals surface area contributed by atoms with E-state index in [-0.39, 0.29) is 17.4 Å². The maximum atomic E-state index is 12.5. The van der Waals surface area contributed by atoms with E-state index in [0.717, 1.165) is 23.2 Å². The zero-order valence-corrected chi connectivity index (χ0v) is 18.2. The summed E-state index contributed by atoms with van der Waals surface area (Å²) < 4.78 is 34.7. The predicted molar refractivity (Wildman–Crippen MR) is 118 cm³/mol. The number of nitrogens with two attached hydrogens (primary N) is 1. The van der Waals surface area contributed by atoms with Crippen LogP contribution in [0.1, 0.15) is 23.9 Å². The summed E-state index contributed by atoms with van der Waals surface area (Å²) >= 11 is 0. The molecule has 3 rings (SSSR count). The van der Waals surface area contributed by atoms with Gasteiger partial charge in [-0.15, -0.1) is 0 Å². The SMILES string of the molecule is CCc1ccccc1Nc1nc(N)nc(CN(C)Cc2ccc(OC(F)F)c(OC)c2)n1. The molecule has 0 saturated carbocycles. The van der Waals surface area contributed by atoms with Crippen molar-refractivity contribution in [1.82, 2.24) is 19.9 Å². The number of benzene rings is 2. The van der Waals surface area contributed by atoms with Crippen molar-refractivity contribution in [3.8, 4) is 11.5 Å². The van der Waals surface area contributed by atoms with Crippen LogP contribution < -0.4 is 20.5 Å². The first-order valence-electron chi connectivity index (χ1n) is 10.0. The molecule has 1 heterocycles. The van der Waals surface area contributed by atoms with Gasteiger partial charge in [0, 0.05) is 12.2 Å². The minimum absolute atomic E-state index is 0.0118. The zero-order chi connectivity index (χ0) is 23.1. The van der Waals surface area contributed by atoms with E-state index in [1.54, 1.807) is 12.1 Å². The van der Waals surface area contributed by atoms with Crippen LogP contribution >= 0.6 is 0 Å². The van der Waals surface area contributed by atoms with Gasteiger partial charge in [-0.05, 0) is 42.8 Å². The number of alkyl halides is 2. The molecule has 3 aromatic rings. The minimum atomic E-state index is -2.92. The van der Waals surface area contributed by atoms with Crippen LogP contribution in [-0.4, -0.2) is 40.6 Å². The highest BCUT2D eigenvalue weighted by Crippen LogP contribution is 2.30. The Hall–Kier alpha value is -3.53. The third kappa shape index (κ3) is 6.24. The first-order chi connectivity index (χ1) is 15.4. The summed E-state index contributed by atoms with van der Waals surface area (Å²) in [5.41, 5.74) is 8.80. The van der Waals surface area contributed by atoms with Crippen LogP contribution in [-0.2, 0) is 19.5 Å². The van der Waals surface area contributed by atoms with Gasteiger partial charge in [0.2, 0.25) is 11.9 Å². The molecule has 170 valence electrons. The molecular formula is C22H26F2N6O2. The lowest BCUT2D eigenvalue weighted by Crippen LogP contribution is -2.20. The summed E-state index contributed by atoms with van der Waals surface area (Å²) in [6.45, 7) is 0.0511. The third-order valence-electron chi connectivity index (χ3n) is 4.65. The third-order valence-corrected chi connectivity index (χ3v) is 4.65. The topological polar surface area (TPSA) is 98.4 Å². The second-order valence-corrected chi connectivity index (χ2v) is 7.11. The Labute approximate surface area is 185 Å². The van der Waals surface area contributed by atoms with Gasteiger partial charge in [0.1, 0.15) is 5.82 Å². The molecule has 3 N–H and O–H groups in total. The largest absolute Gasteiger partial charge is 0.493 e. The number of nitrogens with one attached hydrogen (secondary N) is 1. The summed E-state index contributed by atoms with van der Waals surface area (Å²) in [6, 6.07) is 12.7. The number of hydrogen-bond donors (Lipinski definition) is 2. The number of halogens is 2. The molecule has 32 heavy (non-hydrogen) atoms. The normalized spacial score (nSPS) is 11.1. The van der Waals surface area contributed by atoms with E-state index < -0.39 is 6.61 Å². The molecule has 0 atom stereocenters. The fourth-order valence-corrected chi connectivity index (χ4v) is 3.25. The number of para-hydroxylation sites is 1. The van der Waals surface area contributed by atoms with Crippen molar-refractivity contribution in [3.05, 3.63) is 59.4 Å². The maximum absolute atomic E-state index is 12.5. The second-order valence-electron chi connectivity index (χ2n) is 7.11. The van der Waals surface area contributed by atoms with E-state index in [1.807, 2.05) is 36.2 Å². The molecule has 0 amide bonds. The van der Waals surface area contributed by atoms with Crippen molar-refractivity contribution in [2.24, 2.45) is 0 Å². The molecule has 0 aliphatic heterocycles. The Balaban J connectivity index is 1.70. The lowest BCUT2D eigenvalue weighted by molar-refractivity contribution is -0.0512. The van der Waals surface area contributed by atoms with Crippen LogP contribution in [0.3, 0.4) is 0 Å². The Morgan fingerprint density at radius 2 is 1.84 bits per heavy atom. The average Bonchev–Trinajstić information content (AvgIpc) is 2.74. The molecule has 0 radical (unpaired) electrons. The van der Waals surface area contributed by atoms with Gasteiger partial charge in [0.15, 0.2) is 11.5 Å². The smallest absolute Gasteiger partial charge is 0.387 e.